The molecule has 0 aromatic carbocycles. The Labute approximate surface area is 50.0 Å². The van der Waals surface area contributed by atoms with Crippen molar-refractivity contribution >= 4 is 0 Å². The Morgan fingerprint density at radius 2 is 2.25 bits per heavy atom. The zero-order chi connectivity index (χ0) is 3.41. The molecule has 0 fully saturated rings. The van der Waals surface area contributed by atoms with Crippen LogP contribution >= 0.6 is 0 Å². The van der Waals surface area contributed by atoms with E-state index in [2.05, 4.69) is 0 Å². The first-order valence-electron chi connectivity index (χ1n) is 0.534. The number of halogens is 1. The van der Waals surface area contributed by atoms with Crippen LogP contribution < -0.4 is 0 Å². The summed E-state index contributed by atoms with van der Waals surface area (Å²) in [5.74, 6) is 0. The molecule has 0 aliphatic rings. The average Bonchev–Trinajstić information content (AvgIpc) is 1.37. The van der Waals surface area contributed by atoms with Gasteiger partial charge in [0.2, 0.25) is 0 Å². The number of hydrogen-bond donors (Lipinski definition) is 0. The molecule has 0 rings (SSSR count). The normalized spacial score (nSPS) is 6.00. The van der Waals surface area contributed by atoms with Crippen molar-refractivity contribution in [2.24, 2.45) is 0 Å². The van der Waals surface area contributed by atoms with Gasteiger partial charge in [0.05, 0.1) is 0 Å². The van der Waals surface area contributed by atoms with E-state index in [1.54, 1.807) is 0 Å². The quantitative estimate of drug-likeness (QED) is 0.525. The molecule has 0 unspecified atom stereocenters. The van der Waals surface area contributed by atoms with E-state index < -0.39 is 45.1 Å². The number of nitriles is 1. The average molecular weight is 176 g/mol. The maximum atomic E-state index is 10.5. The second kappa shape index (κ2) is 3.99. The summed E-state index contributed by atoms with van der Waals surface area (Å²) in [6.07, 6.45) is 0. The summed E-state index contributed by atoms with van der Waals surface area (Å²) in [6, 6.07) is 0. The summed E-state index contributed by atoms with van der Waals surface area (Å²) in [4.78, 5) is 0. The SMILES string of the molecule is N#C[Xe]F. The summed E-state index contributed by atoms with van der Waals surface area (Å²) >= 11 is -1.45. The maximum absolute atomic E-state index is 10.5. The molecule has 0 amide bonds. The zero-order valence-electron chi connectivity index (χ0n) is 1.68. The Morgan fingerprint density at radius 3 is 2.25 bits per heavy atom. The van der Waals surface area contributed by atoms with Crippen LogP contribution in [-0.2, 0) is 0 Å². The summed E-state index contributed by atoms with van der Waals surface area (Å²) in [6.45, 7) is 0. The Hall–Kier alpha value is 0.991. The van der Waals surface area contributed by atoms with Crippen LogP contribution in [0.1, 0.15) is 0 Å². The molecule has 0 heterocycles. The number of rotatable bonds is 0. The monoisotopic (exact) mass is 177 g/mol. The van der Waals surface area contributed by atoms with Crippen molar-refractivity contribution in [3.05, 3.63) is 0 Å². The summed E-state index contributed by atoms with van der Waals surface area (Å²) in [7, 11) is 0. The fourth-order valence-corrected chi connectivity index (χ4v) is 0. The third-order valence-electron chi connectivity index (χ3n) is 0.0299. The molecule has 3 heteroatoms. The Bertz CT molecular complexity index is 37.8. The molecule has 0 spiro atoms. The van der Waals surface area contributed by atoms with E-state index in [0.717, 1.165) is 0 Å². The molecule has 0 N–H and O–H groups in total. The third kappa shape index (κ3) is 2.99. The molecule has 0 aliphatic carbocycles. The van der Waals surface area contributed by atoms with E-state index in [0.29, 0.717) is 0 Å². The van der Waals surface area contributed by atoms with Crippen molar-refractivity contribution in [1.82, 2.24) is 0 Å². The molecular weight excluding hydrogens is 176 g/mol. The molecule has 0 aromatic heterocycles. The van der Waals surface area contributed by atoms with Crippen LogP contribution in [0.15, 0.2) is 0 Å². The van der Waals surface area contributed by atoms with Crippen LogP contribution in [-0.4, -0.2) is 0 Å². The predicted octanol–water partition coefficient (Wildman–Crippen LogP) is 0.437. The van der Waals surface area contributed by atoms with Gasteiger partial charge in [-0.3, -0.25) is 0 Å². The second-order valence-corrected chi connectivity index (χ2v) is 0.979. The number of hydrogen-bond acceptors (Lipinski definition) is 1. The zero-order valence-corrected chi connectivity index (χ0v) is 3.70. The molecule has 0 aromatic rings. The molecule has 0 aliphatic heterocycles. The van der Waals surface area contributed by atoms with Gasteiger partial charge in [-0.1, -0.05) is 0 Å². The minimum atomic E-state index is -1.45. The van der Waals surface area contributed by atoms with Crippen LogP contribution in [0, 0.1) is 50.9 Å². The molecule has 0 saturated heterocycles. The molecular formula is CFNXe. The van der Waals surface area contributed by atoms with Crippen LogP contribution in [0.25, 0.3) is 0 Å². The first kappa shape index (κ1) is 4.99. The molecule has 0 bridgehead atoms. The van der Waals surface area contributed by atoms with E-state index in [4.69, 9.17) is 5.26 Å². The topological polar surface area (TPSA) is 23.8 Å². The van der Waals surface area contributed by atoms with Crippen molar-refractivity contribution in [2.75, 3.05) is 0 Å². The van der Waals surface area contributed by atoms with Crippen LogP contribution in [0.5, 0.6) is 0 Å². The van der Waals surface area contributed by atoms with Gasteiger partial charge in [-0.25, -0.2) is 0 Å². The number of nitrogens with zero attached hydrogens (tertiary/aromatic N) is 1. The fraction of sp³-hybridized carbons (Fsp3) is 0. The van der Waals surface area contributed by atoms with Gasteiger partial charge in [-0.05, 0) is 0 Å². The Balaban J connectivity index is 2.43. The van der Waals surface area contributed by atoms with Crippen LogP contribution in [0.3, 0.4) is 0 Å². The van der Waals surface area contributed by atoms with Crippen molar-refractivity contribution in [3.8, 4) is 0.537 Å². The van der Waals surface area contributed by atoms with Gasteiger partial charge in [0, 0.05) is 0 Å². The van der Waals surface area contributed by atoms with E-state index in [-0.39, 0.29) is 0 Å². The molecule has 0 saturated carbocycles. The van der Waals surface area contributed by atoms with Crippen molar-refractivity contribution in [2.45, 2.75) is 0 Å². The standard InChI is InChI=1S/CFNXe/c2-4-1-3. The first-order valence-corrected chi connectivity index (χ1v) is 2.31. The van der Waals surface area contributed by atoms with E-state index in [1.165, 1.54) is 0.537 Å². The van der Waals surface area contributed by atoms with Gasteiger partial charge in [-0.2, -0.15) is 0 Å². The predicted molar refractivity (Wildman–Crippen MR) is 6.72 cm³/mol. The molecule has 0 atom stereocenters. The van der Waals surface area contributed by atoms with E-state index >= 15 is 0 Å². The van der Waals surface area contributed by atoms with Crippen molar-refractivity contribution < 1.29 is 45.2 Å². The minimum absolute atomic E-state index is 1.35. The van der Waals surface area contributed by atoms with Crippen LogP contribution in [0.2, 0.25) is 0 Å². The van der Waals surface area contributed by atoms with Gasteiger partial charge in [0.1, 0.15) is 0 Å². The Kier molecular flexibility index (Phi) is 4.98. The van der Waals surface area contributed by atoms with Gasteiger partial charge < -0.3 is 0 Å². The Morgan fingerprint density at radius 1 is 2.00 bits per heavy atom. The molecule has 0 radical (unpaired) electrons. The first-order chi connectivity index (χ1) is 1.91. The third-order valence-corrected chi connectivity index (χ3v) is 0.200. The summed E-state index contributed by atoms with van der Waals surface area (Å²) < 4.78 is 11.8. The van der Waals surface area contributed by atoms with Crippen molar-refractivity contribution in [1.29, 1.82) is 5.26 Å². The van der Waals surface area contributed by atoms with Gasteiger partial charge in [-0.15, -0.1) is 0 Å². The molecule has 4 heavy (non-hydrogen) atoms. The second-order valence-electron chi connectivity index (χ2n) is 0.146. The van der Waals surface area contributed by atoms with Gasteiger partial charge in [0.25, 0.3) is 0 Å². The summed E-state index contributed by atoms with van der Waals surface area (Å²) in [5, 5.41) is 7.29. The summed E-state index contributed by atoms with van der Waals surface area (Å²) in [5.41, 5.74) is 0. The van der Waals surface area contributed by atoms with Crippen molar-refractivity contribution in [3.63, 3.8) is 0 Å². The van der Waals surface area contributed by atoms with E-state index in [1.807, 2.05) is 0 Å². The van der Waals surface area contributed by atoms with Crippen LogP contribution in [0.4, 0.5) is 0.0835 Å². The van der Waals surface area contributed by atoms with E-state index in [9.17, 15) is 0.0835 Å². The molecule has 24 valence electrons. The fourth-order valence-electron chi connectivity index (χ4n) is 0. The molecule has 1 nitrogen and oxygen atoms in total. The van der Waals surface area contributed by atoms with Gasteiger partial charge >= 0.3 is 51.0 Å². The van der Waals surface area contributed by atoms with Gasteiger partial charge in [0.15, 0.2) is 0 Å².